The molecule has 0 aromatic rings. The van der Waals surface area contributed by atoms with Gasteiger partial charge in [-0.3, -0.25) is 0 Å². The molecule has 1 heterocycles. The maximum Gasteiger partial charge on any atom is 0.170 e. The zero-order chi connectivity index (χ0) is 10.4. The highest BCUT2D eigenvalue weighted by Gasteiger charge is 2.56. The van der Waals surface area contributed by atoms with E-state index in [0.29, 0.717) is 0 Å². The maximum absolute atomic E-state index is 6.17. The molecule has 2 heteroatoms. The lowest BCUT2D eigenvalue weighted by Gasteiger charge is -2.32. The molecule has 0 amide bonds. The summed E-state index contributed by atoms with van der Waals surface area (Å²) in [5.41, 5.74) is -0.325. The van der Waals surface area contributed by atoms with Gasteiger partial charge >= 0.3 is 0 Å². The standard InChI is InChI=1S/C12H22O2/c1-10(2)11(3,4)14-12(13-10)8-6-5-7-9-12/h5-9H2,1-4H3. The average molecular weight is 198 g/mol. The second kappa shape index (κ2) is 2.96. The zero-order valence-corrected chi connectivity index (χ0v) is 9.85. The van der Waals surface area contributed by atoms with Crippen LogP contribution in [-0.4, -0.2) is 17.0 Å². The summed E-state index contributed by atoms with van der Waals surface area (Å²) >= 11 is 0. The van der Waals surface area contributed by atoms with Gasteiger partial charge in [0, 0.05) is 12.8 Å². The summed E-state index contributed by atoms with van der Waals surface area (Å²) in [5.74, 6) is -0.259. The van der Waals surface area contributed by atoms with Crippen LogP contribution in [0.1, 0.15) is 59.8 Å². The molecule has 0 unspecified atom stereocenters. The van der Waals surface area contributed by atoms with E-state index in [9.17, 15) is 0 Å². The highest BCUT2D eigenvalue weighted by molar-refractivity contribution is 4.99. The van der Waals surface area contributed by atoms with Gasteiger partial charge in [-0.25, -0.2) is 0 Å². The van der Waals surface area contributed by atoms with Gasteiger partial charge in [0.25, 0.3) is 0 Å². The first kappa shape index (κ1) is 10.4. The fourth-order valence-corrected chi connectivity index (χ4v) is 2.49. The Kier molecular flexibility index (Phi) is 2.20. The first-order chi connectivity index (χ1) is 6.37. The second-order valence-corrected chi connectivity index (χ2v) is 5.70. The normalized spacial score (nSPS) is 33.4. The number of hydrogen-bond acceptors (Lipinski definition) is 2. The Labute approximate surface area is 87.0 Å². The zero-order valence-electron chi connectivity index (χ0n) is 9.85. The SMILES string of the molecule is CC1(C)OC2(CCCCC2)OC1(C)C. The van der Waals surface area contributed by atoms with Gasteiger partial charge in [-0.15, -0.1) is 0 Å². The smallest absolute Gasteiger partial charge is 0.170 e. The molecule has 82 valence electrons. The summed E-state index contributed by atoms with van der Waals surface area (Å²) in [7, 11) is 0. The van der Waals surface area contributed by atoms with E-state index < -0.39 is 0 Å². The van der Waals surface area contributed by atoms with Gasteiger partial charge < -0.3 is 9.47 Å². The Bertz CT molecular complexity index is 206. The minimum absolute atomic E-state index is 0.162. The molecule has 1 spiro atoms. The van der Waals surface area contributed by atoms with Crippen molar-refractivity contribution in [3.8, 4) is 0 Å². The third-order valence-electron chi connectivity index (χ3n) is 3.95. The molecule has 0 radical (unpaired) electrons. The molecule has 0 N–H and O–H groups in total. The van der Waals surface area contributed by atoms with Crippen molar-refractivity contribution in [3.63, 3.8) is 0 Å². The molecule has 0 aromatic carbocycles. The summed E-state index contributed by atoms with van der Waals surface area (Å²) in [6, 6.07) is 0. The van der Waals surface area contributed by atoms with E-state index in [1.165, 1.54) is 19.3 Å². The van der Waals surface area contributed by atoms with E-state index in [2.05, 4.69) is 27.7 Å². The van der Waals surface area contributed by atoms with Gasteiger partial charge in [0.2, 0.25) is 0 Å². The topological polar surface area (TPSA) is 18.5 Å². The van der Waals surface area contributed by atoms with Crippen LogP contribution in [0.25, 0.3) is 0 Å². The van der Waals surface area contributed by atoms with Crippen molar-refractivity contribution in [2.24, 2.45) is 0 Å². The lowest BCUT2D eigenvalue weighted by atomic mass is 9.90. The van der Waals surface area contributed by atoms with Crippen molar-refractivity contribution in [2.75, 3.05) is 0 Å². The quantitative estimate of drug-likeness (QED) is 0.595. The van der Waals surface area contributed by atoms with Crippen molar-refractivity contribution in [1.29, 1.82) is 0 Å². The summed E-state index contributed by atoms with van der Waals surface area (Å²) in [6.45, 7) is 8.54. The van der Waals surface area contributed by atoms with Gasteiger partial charge in [0.15, 0.2) is 5.79 Å². The lowest BCUT2D eigenvalue weighted by molar-refractivity contribution is -0.208. The third-order valence-corrected chi connectivity index (χ3v) is 3.95. The molecule has 0 bridgehead atoms. The van der Waals surface area contributed by atoms with Crippen LogP contribution >= 0.6 is 0 Å². The molecule has 2 nitrogen and oxygen atoms in total. The van der Waals surface area contributed by atoms with Crippen LogP contribution in [0.3, 0.4) is 0 Å². The minimum Gasteiger partial charge on any atom is -0.341 e. The van der Waals surface area contributed by atoms with Crippen molar-refractivity contribution < 1.29 is 9.47 Å². The number of ether oxygens (including phenoxy) is 2. The molecular formula is C12H22O2. The Morgan fingerprint density at radius 3 is 1.57 bits per heavy atom. The van der Waals surface area contributed by atoms with Crippen LogP contribution in [0.5, 0.6) is 0 Å². The highest BCUT2D eigenvalue weighted by atomic mass is 16.8. The van der Waals surface area contributed by atoms with E-state index in [1.54, 1.807) is 0 Å². The molecule has 1 aliphatic carbocycles. The average Bonchev–Trinajstić information content (AvgIpc) is 2.18. The minimum atomic E-state index is -0.259. The fourth-order valence-electron chi connectivity index (χ4n) is 2.49. The summed E-state index contributed by atoms with van der Waals surface area (Å²) in [6.07, 6.45) is 5.95. The van der Waals surface area contributed by atoms with Crippen LogP contribution in [0.2, 0.25) is 0 Å². The third kappa shape index (κ3) is 1.49. The largest absolute Gasteiger partial charge is 0.341 e. The van der Waals surface area contributed by atoms with E-state index in [-0.39, 0.29) is 17.0 Å². The number of hydrogen-bond donors (Lipinski definition) is 0. The monoisotopic (exact) mass is 198 g/mol. The van der Waals surface area contributed by atoms with E-state index in [4.69, 9.17) is 9.47 Å². The molecule has 1 aliphatic heterocycles. The van der Waals surface area contributed by atoms with Crippen LogP contribution in [-0.2, 0) is 9.47 Å². The molecule has 1 saturated carbocycles. The van der Waals surface area contributed by atoms with Crippen molar-refractivity contribution in [2.45, 2.75) is 76.8 Å². The Balaban J connectivity index is 2.18. The number of rotatable bonds is 0. The van der Waals surface area contributed by atoms with Gasteiger partial charge in [-0.1, -0.05) is 6.42 Å². The van der Waals surface area contributed by atoms with E-state index in [1.807, 2.05) is 0 Å². The molecule has 2 fully saturated rings. The molecule has 2 aliphatic rings. The van der Waals surface area contributed by atoms with Crippen LogP contribution in [0.4, 0.5) is 0 Å². The first-order valence-electron chi connectivity index (χ1n) is 5.77. The molecule has 2 rings (SSSR count). The lowest BCUT2D eigenvalue weighted by Crippen LogP contribution is -2.41. The van der Waals surface area contributed by atoms with Crippen molar-refractivity contribution in [1.82, 2.24) is 0 Å². The van der Waals surface area contributed by atoms with E-state index in [0.717, 1.165) is 12.8 Å². The second-order valence-electron chi connectivity index (χ2n) is 5.70. The molecular weight excluding hydrogens is 176 g/mol. The predicted octanol–water partition coefficient (Wildman–Crippen LogP) is 3.25. The first-order valence-corrected chi connectivity index (χ1v) is 5.77. The maximum atomic E-state index is 6.17. The van der Waals surface area contributed by atoms with Gasteiger partial charge in [-0.2, -0.15) is 0 Å². The Hall–Kier alpha value is -0.0800. The van der Waals surface area contributed by atoms with Crippen molar-refractivity contribution >= 4 is 0 Å². The Morgan fingerprint density at radius 1 is 0.714 bits per heavy atom. The van der Waals surface area contributed by atoms with Gasteiger partial charge in [0.05, 0.1) is 11.2 Å². The molecule has 0 atom stereocenters. The fraction of sp³-hybridized carbons (Fsp3) is 1.00. The van der Waals surface area contributed by atoms with Crippen LogP contribution in [0.15, 0.2) is 0 Å². The summed E-state index contributed by atoms with van der Waals surface area (Å²) in [4.78, 5) is 0. The van der Waals surface area contributed by atoms with Gasteiger partial charge in [-0.05, 0) is 40.5 Å². The molecule has 14 heavy (non-hydrogen) atoms. The molecule has 0 aromatic heterocycles. The van der Waals surface area contributed by atoms with Crippen molar-refractivity contribution in [3.05, 3.63) is 0 Å². The summed E-state index contributed by atoms with van der Waals surface area (Å²) in [5, 5.41) is 0. The summed E-state index contributed by atoms with van der Waals surface area (Å²) < 4.78 is 12.3. The van der Waals surface area contributed by atoms with Crippen LogP contribution in [0, 0.1) is 0 Å². The Morgan fingerprint density at radius 2 is 1.14 bits per heavy atom. The van der Waals surface area contributed by atoms with E-state index >= 15 is 0 Å². The van der Waals surface area contributed by atoms with Crippen LogP contribution < -0.4 is 0 Å². The predicted molar refractivity (Wildman–Crippen MR) is 56.1 cm³/mol. The molecule has 1 saturated heterocycles. The van der Waals surface area contributed by atoms with Gasteiger partial charge in [0.1, 0.15) is 0 Å². The highest BCUT2D eigenvalue weighted by Crippen LogP contribution is 2.49.